The molecule has 0 aliphatic carbocycles. The van der Waals surface area contributed by atoms with Gasteiger partial charge in [-0.15, -0.1) is 0 Å². The molecule has 0 unspecified atom stereocenters. The number of furan rings is 2. The molecule has 0 amide bonds. The third kappa shape index (κ3) is 9.10. The van der Waals surface area contributed by atoms with Gasteiger partial charge in [-0.1, -0.05) is 212 Å². The summed E-state index contributed by atoms with van der Waals surface area (Å²) in [5.74, 6) is 1.23. The van der Waals surface area contributed by atoms with Crippen LogP contribution in [0.3, 0.4) is 0 Å². The Balaban J connectivity index is 0.000000141. The van der Waals surface area contributed by atoms with Gasteiger partial charge in [0, 0.05) is 60.4 Å². The smallest absolute Gasteiger partial charge is 0.187 e. The summed E-state index contributed by atoms with van der Waals surface area (Å²) in [6, 6.07) is 99.1. The number of benzene rings is 12. The van der Waals surface area contributed by atoms with Gasteiger partial charge in [-0.05, 0) is 107 Å². The number of nitrogens with zero attached hydrogens (tertiary/aromatic N) is 8. The largest absolute Gasteiger partial charge is 0.452 e. The Morgan fingerprint density at radius 1 is 0.272 bits per heavy atom. The van der Waals surface area contributed by atoms with E-state index in [2.05, 4.69) is 189 Å². The van der Waals surface area contributed by atoms with Crippen molar-refractivity contribution in [3.63, 3.8) is 0 Å². The first-order valence-corrected chi connectivity index (χ1v) is 30.2. The molecular formula is C82H48N8O2. The van der Waals surface area contributed by atoms with Crippen molar-refractivity contribution in [2.75, 3.05) is 0 Å². The Labute approximate surface area is 527 Å². The number of rotatable bonds is 8. The van der Waals surface area contributed by atoms with Crippen LogP contribution in [-0.4, -0.2) is 29.1 Å². The fourth-order valence-electron chi connectivity index (χ4n) is 12.9. The first kappa shape index (κ1) is 53.2. The average Bonchev–Trinajstić information content (AvgIpc) is 2.04. The molecule has 92 heavy (non-hydrogen) atoms. The highest BCUT2D eigenvalue weighted by molar-refractivity contribution is 6.12. The van der Waals surface area contributed by atoms with Crippen LogP contribution in [0.4, 0.5) is 11.4 Å². The number of aromatic nitrogens is 6. The van der Waals surface area contributed by atoms with E-state index in [9.17, 15) is 0 Å². The lowest BCUT2D eigenvalue weighted by Gasteiger charge is -2.10. The van der Waals surface area contributed by atoms with Crippen LogP contribution in [-0.2, 0) is 0 Å². The molecular weight excluding hydrogens is 1130 g/mol. The standard InChI is InChI=1S/2C41H24N4O/c1-42-30-15-9-14-29(23-30)38-40-39(44-41(43-38)26-11-3-2-4-12-26)34-25-28(21-22-37(34)46-40)27-13-10-16-31(24-27)45-35-19-7-5-17-32(35)33-18-6-8-20-36(33)45;1-42-30-21-18-26(19-22-30)38-40-39(44-41(43-38)27-10-3-2-4-11-27)34-25-29(20-23-37(34)46-40)28-12-9-13-31(24-28)45-35-16-7-5-14-32(35)33-15-6-8-17-36(33)45/h2*2-25H. The highest BCUT2D eigenvalue weighted by Gasteiger charge is 2.22. The molecule has 10 nitrogen and oxygen atoms in total. The number of hydrogen-bond acceptors (Lipinski definition) is 6. The molecule has 0 radical (unpaired) electrons. The summed E-state index contributed by atoms with van der Waals surface area (Å²) in [6.45, 7) is 14.9. The van der Waals surface area contributed by atoms with Crippen LogP contribution in [0.2, 0.25) is 0 Å². The predicted octanol–water partition coefficient (Wildman–Crippen LogP) is 22.0. The highest BCUT2D eigenvalue weighted by atomic mass is 16.3. The van der Waals surface area contributed by atoms with Crippen molar-refractivity contribution in [3.05, 3.63) is 314 Å². The third-order valence-electron chi connectivity index (χ3n) is 17.2. The summed E-state index contributed by atoms with van der Waals surface area (Å²) < 4.78 is 17.6. The number of para-hydroxylation sites is 4. The van der Waals surface area contributed by atoms with Crippen LogP contribution in [0.25, 0.3) is 176 Å². The molecule has 12 aromatic carbocycles. The van der Waals surface area contributed by atoms with E-state index in [-0.39, 0.29) is 0 Å². The fraction of sp³-hybridized carbons (Fsp3) is 0. The van der Waals surface area contributed by atoms with Gasteiger partial charge in [-0.2, -0.15) is 0 Å². The molecule has 18 aromatic rings. The first-order chi connectivity index (χ1) is 45.5. The monoisotopic (exact) mass is 1180 g/mol. The van der Waals surface area contributed by atoms with Gasteiger partial charge < -0.3 is 18.0 Å². The van der Waals surface area contributed by atoms with E-state index < -0.39 is 0 Å². The second-order valence-electron chi connectivity index (χ2n) is 22.7. The van der Waals surface area contributed by atoms with E-state index in [0.29, 0.717) is 45.6 Å². The lowest BCUT2D eigenvalue weighted by Crippen LogP contribution is -1.94. The van der Waals surface area contributed by atoms with Crippen molar-refractivity contribution in [2.45, 2.75) is 0 Å². The number of hydrogen-bond donors (Lipinski definition) is 0. The molecule has 18 rings (SSSR count). The zero-order valence-corrected chi connectivity index (χ0v) is 49.1. The van der Waals surface area contributed by atoms with Crippen LogP contribution in [0, 0.1) is 13.1 Å². The molecule has 428 valence electrons. The molecule has 0 spiro atoms. The van der Waals surface area contributed by atoms with E-state index in [1.165, 1.54) is 43.6 Å². The summed E-state index contributed by atoms with van der Waals surface area (Å²) in [6.07, 6.45) is 0. The SMILES string of the molecule is [C-]#[N+]c1ccc(-c2nc(-c3ccccc3)nc3c2oc2ccc(-c4cccc(-n5c6ccccc6c6ccccc65)c4)cc23)cc1.[C-]#[N+]c1cccc(-c2nc(-c3ccccc3)nc3c2oc2ccc(-c4cccc(-n5c6ccccc6c6ccccc65)c4)cc23)c1. The average molecular weight is 1180 g/mol. The summed E-state index contributed by atoms with van der Waals surface area (Å²) in [4.78, 5) is 27.2. The summed E-state index contributed by atoms with van der Waals surface area (Å²) in [5, 5.41) is 6.79. The summed E-state index contributed by atoms with van der Waals surface area (Å²) in [5.41, 5.74) is 21.5. The van der Waals surface area contributed by atoms with Gasteiger partial charge in [0.2, 0.25) is 0 Å². The topological polar surface area (TPSA) is 96.4 Å². The van der Waals surface area contributed by atoms with Crippen molar-refractivity contribution in [3.8, 4) is 78.9 Å². The minimum Gasteiger partial charge on any atom is -0.452 e. The molecule has 0 aliphatic heterocycles. The fourth-order valence-corrected chi connectivity index (χ4v) is 12.9. The minimum atomic E-state index is 0.548. The quantitative estimate of drug-likeness (QED) is 0.141. The lowest BCUT2D eigenvalue weighted by atomic mass is 10.0. The van der Waals surface area contributed by atoms with Crippen LogP contribution in [0.5, 0.6) is 0 Å². The second kappa shape index (κ2) is 22.0. The Bertz CT molecular complexity index is 5940. The Kier molecular flexibility index (Phi) is 12.7. The van der Waals surface area contributed by atoms with E-state index in [0.717, 1.165) is 88.9 Å². The predicted molar refractivity (Wildman–Crippen MR) is 372 cm³/mol. The minimum absolute atomic E-state index is 0.548. The maximum Gasteiger partial charge on any atom is 0.187 e. The molecule has 0 bridgehead atoms. The molecule has 0 atom stereocenters. The molecule has 0 aliphatic rings. The van der Waals surface area contributed by atoms with Crippen molar-refractivity contribution in [1.82, 2.24) is 29.1 Å². The van der Waals surface area contributed by atoms with E-state index in [4.69, 9.17) is 41.9 Å². The maximum atomic E-state index is 7.54. The van der Waals surface area contributed by atoms with Gasteiger partial charge in [0.1, 0.15) is 33.6 Å². The summed E-state index contributed by atoms with van der Waals surface area (Å²) in [7, 11) is 0. The normalized spacial score (nSPS) is 11.5. The molecule has 0 fully saturated rings. The van der Waals surface area contributed by atoms with Gasteiger partial charge in [0.25, 0.3) is 0 Å². The van der Waals surface area contributed by atoms with Crippen molar-refractivity contribution in [1.29, 1.82) is 0 Å². The van der Waals surface area contributed by atoms with Crippen LogP contribution in [0.1, 0.15) is 0 Å². The zero-order chi connectivity index (χ0) is 61.2. The Morgan fingerprint density at radius 2 is 0.641 bits per heavy atom. The van der Waals surface area contributed by atoms with Crippen molar-refractivity contribution >= 4 is 99.1 Å². The molecule has 0 saturated heterocycles. The second-order valence-corrected chi connectivity index (χ2v) is 22.7. The molecule has 6 heterocycles. The van der Waals surface area contributed by atoms with Crippen molar-refractivity contribution in [2.24, 2.45) is 0 Å². The molecule has 0 saturated carbocycles. The van der Waals surface area contributed by atoms with Crippen LogP contribution < -0.4 is 0 Å². The van der Waals surface area contributed by atoms with Gasteiger partial charge in [-0.25, -0.2) is 29.6 Å². The molecule has 0 N–H and O–H groups in total. The van der Waals surface area contributed by atoms with Crippen LogP contribution >= 0.6 is 0 Å². The van der Waals surface area contributed by atoms with Gasteiger partial charge >= 0.3 is 0 Å². The lowest BCUT2D eigenvalue weighted by molar-refractivity contribution is 0.667. The van der Waals surface area contributed by atoms with Crippen molar-refractivity contribution < 1.29 is 8.83 Å². The van der Waals surface area contributed by atoms with E-state index >= 15 is 0 Å². The first-order valence-electron chi connectivity index (χ1n) is 30.2. The zero-order valence-electron chi connectivity index (χ0n) is 49.1. The Hall–Kier alpha value is -13.0. The van der Waals surface area contributed by atoms with Gasteiger partial charge in [0.15, 0.2) is 34.2 Å². The van der Waals surface area contributed by atoms with E-state index in [1.54, 1.807) is 6.07 Å². The highest BCUT2D eigenvalue weighted by Crippen LogP contribution is 2.42. The Morgan fingerprint density at radius 3 is 1.09 bits per heavy atom. The van der Waals surface area contributed by atoms with Gasteiger partial charge in [-0.3, -0.25) is 0 Å². The summed E-state index contributed by atoms with van der Waals surface area (Å²) >= 11 is 0. The van der Waals surface area contributed by atoms with Gasteiger partial charge in [0.05, 0.1) is 35.2 Å². The third-order valence-corrected chi connectivity index (χ3v) is 17.2. The number of fused-ring (bicyclic) bond motifs is 12. The van der Waals surface area contributed by atoms with Crippen LogP contribution in [0.15, 0.2) is 300 Å². The maximum absolute atomic E-state index is 7.54. The molecule has 10 heteroatoms. The molecule has 6 aromatic heterocycles. The van der Waals surface area contributed by atoms with E-state index in [1.807, 2.05) is 115 Å².